The van der Waals surface area contributed by atoms with Crippen LogP contribution < -0.4 is 9.46 Å². The maximum atomic E-state index is 13.1. The molecule has 0 unspecified atom stereocenters. The number of carbonyl (C=O) groups is 2. The van der Waals surface area contributed by atoms with Crippen LogP contribution in [0.2, 0.25) is 0 Å². The molecule has 0 saturated carbocycles. The summed E-state index contributed by atoms with van der Waals surface area (Å²) in [5.41, 5.74) is 3.20. The van der Waals surface area contributed by atoms with Gasteiger partial charge in [0.2, 0.25) is 0 Å². The summed E-state index contributed by atoms with van der Waals surface area (Å²) in [5.74, 6) is -0.834. The third-order valence-corrected chi connectivity index (χ3v) is 6.75. The number of aromatic nitrogens is 1. The fourth-order valence-corrected chi connectivity index (χ4v) is 4.75. The van der Waals surface area contributed by atoms with E-state index in [1.54, 1.807) is 30.3 Å². The van der Waals surface area contributed by atoms with Crippen molar-refractivity contribution >= 4 is 27.5 Å². The molecule has 1 aliphatic heterocycles. The number of nitrogens with zero attached hydrogens (tertiary/aromatic N) is 2. The summed E-state index contributed by atoms with van der Waals surface area (Å²) in [4.78, 5) is 30.2. The first-order valence-corrected chi connectivity index (χ1v) is 11.3. The fraction of sp³-hybridized carbons (Fsp3) is 0.174. The number of hydrogen-bond acceptors (Lipinski definition) is 6. The third kappa shape index (κ3) is 3.82. The van der Waals surface area contributed by atoms with Crippen molar-refractivity contribution in [3.05, 3.63) is 82.7 Å². The molecule has 0 radical (unpaired) electrons. The number of ether oxygens (including phenoxy) is 1. The SMILES string of the molecule is COc1ccc(CN2C(=O)c3cccnc3C2=O)cc1S(=O)(=O)Nc1ccc(C)c(C)c1. The molecule has 1 N–H and O–H groups in total. The molecule has 1 aliphatic rings. The number of rotatable bonds is 6. The van der Waals surface area contributed by atoms with Gasteiger partial charge in [-0.2, -0.15) is 0 Å². The molecule has 0 bridgehead atoms. The number of sulfonamides is 1. The summed E-state index contributed by atoms with van der Waals surface area (Å²) in [6.45, 7) is 3.74. The van der Waals surface area contributed by atoms with Gasteiger partial charge in [-0.1, -0.05) is 12.1 Å². The predicted molar refractivity (Wildman–Crippen MR) is 118 cm³/mol. The highest BCUT2D eigenvalue weighted by molar-refractivity contribution is 7.92. The first kappa shape index (κ1) is 21.5. The van der Waals surface area contributed by atoms with Gasteiger partial charge in [-0.15, -0.1) is 0 Å². The summed E-state index contributed by atoms with van der Waals surface area (Å²) in [6.07, 6.45) is 1.45. The second-order valence-corrected chi connectivity index (χ2v) is 9.14. The number of amides is 2. The highest BCUT2D eigenvalue weighted by atomic mass is 32.2. The molecule has 0 atom stereocenters. The summed E-state index contributed by atoms with van der Waals surface area (Å²) < 4.78 is 34.1. The van der Waals surface area contributed by atoms with Crippen LogP contribution in [-0.4, -0.2) is 37.2 Å². The minimum Gasteiger partial charge on any atom is -0.495 e. The normalized spacial score (nSPS) is 13.3. The van der Waals surface area contributed by atoms with Gasteiger partial charge in [0.05, 0.1) is 19.2 Å². The number of nitrogens with one attached hydrogen (secondary N) is 1. The fourth-order valence-electron chi connectivity index (χ4n) is 3.48. The van der Waals surface area contributed by atoms with Crippen LogP contribution in [0.3, 0.4) is 0 Å². The number of hydrogen-bond donors (Lipinski definition) is 1. The average molecular weight is 452 g/mol. The maximum absolute atomic E-state index is 13.1. The van der Waals surface area contributed by atoms with Gasteiger partial charge in [-0.25, -0.2) is 8.42 Å². The highest BCUT2D eigenvalue weighted by Gasteiger charge is 2.36. The molecule has 3 aromatic rings. The molecule has 2 heterocycles. The Hall–Kier alpha value is -3.72. The van der Waals surface area contributed by atoms with Crippen molar-refractivity contribution in [1.29, 1.82) is 0 Å². The van der Waals surface area contributed by atoms with Gasteiger partial charge < -0.3 is 4.74 Å². The summed E-state index contributed by atoms with van der Waals surface area (Å²) in [5, 5.41) is 0. The Balaban J connectivity index is 1.65. The lowest BCUT2D eigenvalue weighted by Gasteiger charge is -2.17. The van der Waals surface area contributed by atoms with Crippen LogP contribution in [0, 0.1) is 13.8 Å². The van der Waals surface area contributed by atoms with Crippen molar-refractivity contribution < 1.29 is 22.7 Å². The van der Waals surface area contributed by atoms with Crippen LogP contribution in [0.5, 0.6) is 5.75 Å². The smallest absolute Gasteiger partial charge is 0.280 e. The number of carbonyl (C=O) groups excluding carboxylic acids is 2. The quantitative estimate of drug-likeness (QED) is 0.577. The van der Waals surface area contributed by atoms with Crippen molar-refractivity contribution in [3.8, 4) is 5.75 Å². The molecule has 1 aromatic heterocycles. The zero-order valence-electron chi connectivity index (χ0n) is 17.7. The highest BCUT2D eigenvalue weighted by Crippen LogP contribution is 2.29. The topological polar surface area (TPSA) is 106 Å². The molecule has 9 heteroatoms. The molecular formula is C23H21N3O5S. The van der Waals surface area contributed by atoms with Crippen LogP contribution in [-0.2, 0) is 16.6 Å². The Kier molecular flexibility index (Phi) is 5.43. The van der Waals surface area contributed by atoms with Gasteiger partial charge in [0.25, 0.3) is 21.8 Å². The lowest BCUT2D eigenvalue weighted by Crippen LogP contribution is -2.29. The van der Waals surface area contributed by atoms with E-state index in [-0.39, 0.29) is 28.4 Å². The zero-order chi connectivity index (χ0) is 23.0. The molecule has 2 aromatic carbocycles. The minimum absolute atomic E-state index is 0.0922. The van der Waals surface area contributed by atoms with E-state index in [0.29, 0.717) is 11.3 Å². The van der Waals surface area contributed by atoms with Gasteiger partial charge in [0, 0.05) is 11.9 Å². The van der Waals surface area contributed by atoms with Crippen molar-refractivity contribution in [3.63, 3.8) is 0 Å². The number of fused-ring (bicyclic) bond motifs is 1. The van der Waals surface area contributed by atoms with E-state index in [4.69, 9.17) is 4.74 Å². The monoisotopic (exact) mass is 451 g/mol. The lowest BCUT2D eigenvalue weighted by molar-refractivity contribution is 0.0640. The van der Waals surface area contributed by atoms with Gasteiger partial charge in [0.15, 0.2) is 0 Å². The van der Waals surface area contributed by atoms with Crippen molar-refractivity contribution in [2.45, 2.75) is 25.3 Å². The summed E-state index contributed by atoms with van der Waals surface area (Å²) in [6, 6.07) is 12.9. The maximum Gasteiger partial charge on any atom is 0.280 e. The average Bonchev–Trinajstić information content (AvgIpc) is 3.01. The Morgan fingerprint density at radius 1 is 1.00 bits per heavy atom. The lowest BCUT2D eigenvalue weighted by atomic mass is 10.1. The Morgan fingerprint density at radius 3 is 2.47 bits per heavy atom. The standard InChI is InChI=1S/C23H21N3O5S/c1-14-6-8-17(11-15(14)2)25-32(29,30)20-12-16(7-9-19(20)31-3)13-26-22(27)18-5-4-10-24-21(18)23(26)28/h4-12,25H,13H2,1-3H3. The number of aryl methyl sites for hydroxylation is 2. The molecule has 0 spiro atoms. The van der Waals surface area contributed by atoms with E-state index in [2.05, 4.69) is 9.71 Å². The van der Waals surface area contributed by atoms with Crippen molar-refractivity contribution in [2.75, 3.05) is 11.8 Å². The van der Waals surface area contributed by atoms with Gasteiger partial charge >= 0.3 is 0 Å². The van der Waals surface area contributed by atoms with Crippen LogP contribution in [0.15, 0.2) is 59.6 Å². The third-order valence-electron chi connectivity index (χ3n) is 5.35. The van der Waals surface area contributed by atoms with Gasteiger partial charge in [0.1, 0.15) is 16.3 Å². The van der Waals surface area contributed by atoms with Crippen LogP contribution >= 0.6 is 0 Å². The molecule has 0 aliphatic carbocycles. The van der Waals surface area contributed by atoms with Crippen molar-refractivity contribution in [1.82, 2.24) is 9.88 Å². The number of methoxy groups -OCH3 is 1. The molecule has 8 nitrogen and oxygen atoms in total. The number of benzene rings is 2. The Morgan fingerprint density at radius 2 is 1.78 bits per heavy atom. The molecule has 4 rings (SSSR count). The first-order chi connectivity index (χ1) is 15.2. The Labute approximate surface area is 185 Å². The van der Waals surface area contributed by atoms with Crippen LogP contribution in [0.1, 0.15) is 37.5 Å². The van der Waals surface area contributed by atoms with E-state index < -0.39 is 21.8 Å². The number of anilines is 1. The largest absolute Gasteiger partial charge is 0.495 e. The molecular weight excluding hydrogens is 430 g/mol. The summed E-state index contributed by atoms with van der Waals surface area (Å²) >= 11 is 0. The first-order valence-electron chi connectivity index (χ1n) is 9.79. The Bertz CT molecular complexity index is 1320. The molecule has 0 fully saturated rings. The second-order valence-electron chi connectivity index (χ2n) is 7.49. The van der Waals surface area contributed by atoms with E-state index in [1.165, 1.54) is 25.4 Å². The van der Waals surface area contributed by atoms with E-state index >= 15 is 0 Å². The van der Waals surface area contributed by atoms with Crippen LogP contribution in [0.4, 0.5) is 5.69 Å². The van der Waals surface area contributed by atoms with E-state index in [9.17, 15) is 18.0 Å². The van der Waals surface area contributed by atoms with E-state index in [0.717, 1.165) is 16.0 Å². The predicted octanol–water partition coefficient (Wildman–Crippen LogP) is 3.30. The van der Waals surface area contributed by atoms with Crippen molar-refractivity contribution in [2.24, 2.45) is 0 Å². The minimum atomic E-state index is -4.00. The van der Waals surface area contributed by atoms with Gasteiger partial charge in [-0.3, -0.25) is 24.2 Å². The number of pyridine rings is 1. The molecule has 164 valence electrons. The molecule has 32 heavy (non-hydrogen) atoms. The molecule has 2 amide bonds. The number of imide groups is 1. The second kappa shape index (κ2) is 8.08. The van der Waals surface area contributed by atoms with Gasteiger partial charge in [-0.05, 0) is 66.9 Å². The van der Waals surface area contributed by atoms with Crippen LogP contribution in [0.25, 0.3) is 0 Å². The van der Waals surface area contributed by atoms with E-state index in [1.807, 2.05) is 19.9 Å². The summed E-state index contributed by atoms with van der Waals surface area (Å²) in [7, 11) is -2.62. The molecule has 0 saturated heterocycles. The zero-order valence-corrected chi connectivity index (χ0v) is 18.6.